The van der Waals surface area contributed by atoms with Gasteiger partial charge >= 0.3 is 0 Å². The van der Waals surface area contributed by atoms with Crippen molar-refractivity contribution in [2.75, 3.05) is 18.9 Å². The van der Waals surface area contributed by atoms with Crippen LogP contribution in [0.2, 0.25) is 0 Å². The number of nitrogens with zero attached hydrogens (tertiary/aromatic N) is 2. The molecule has 1 rings (SSSR count). The second-order valence-corrected chi connectivity index (χ2v) is 6.43. The third kappa shape index (κ3) is 5.81. The Bertz CT molecular complexity index is 295. The highest BCUT2D eigenvalue weighted by Crippen LogP contribution is 2.21. The van der Waals surface area contributed by atoms with E-state index in [9.17, 15) is 5.11 Å². The third-order valence-electron chi connectivity index (χ3n) is 2.64. The summed E-state index contributed by atoms with van der Waals surface area (Å²) in [5.41, 5.74) is 1.64. The van der Waals surface area contributed by atoms with Crippen LogP contribution >= 0.6 is 23.1 Å². The van der Waals surface area contributed by atoms with E-state index in [-0.39, 0.29) is 12.1 Å². The predicted octanol–water partition coefficient (Wildman–Crippen LogP) is 2.16. The van der Waals surface area contributed by atoms with Crippen LogP contribution in [0.5, 0.6) is 0 Å². The SMILES string of the molecule is CCNC(C)(CO)CCCCSc1nncs1. The van der Waals surface area contributed by atoms with Crippen molar-refractivity contribution >= 4 is 23.1 Å². The van der Waals surface area contributed by atoms with Crippen molar-refractivity contribution in [2.24, 2.45) is 0 Å². The number of aliphatic hydroxyl groups is 1. The molecular weight excluding hydrogens is 254 g/mol. The predicted molar refractivity (Wildman–Crippen MR) is 73.7 cm³/mol. The summed E-state index contributed by atoms with van der Waals surface area (Å²) in [5, 5.41) is 20.5. The molecule has 2 N–H and O–H groups in total. The molecule has 0 saturated carbocycles. The van der Waals surface area contributed by atoms with Gasteiger partial charge in [-0.3, -0.25) is 0 Å². The number of nitrogens with one attached hydrogen (secondary N) is 1. The number of unbranched alkanes of at least 4 members (excludes halogenated alkanes) is 1. The smallest absolute Gasteiger partial charge is 0.174 e. The molecule has 0 saturated heterocycles. The molecule has 17 heavy (non-hydrogen) atoms. The van der Waals surface area contributed by atoms with Crippen LogP contribution in [0.3, 0.4) is 0 Å². The molecule has 0 fully saturated rings. The lowest BCUT2D eigenvalue weighted by Crippen LogP contribution is -2.45. The number of likely N-dealkylation sites (N-methyl/N-ethyl adjacent to an activating group) is 1. The summed E-state index contributed by atoms with van der Waals surface area (Å²) in [6.07, 6.45) is 3.27. The molecule has 6 heteroatoms. The van der Waals surface area contributed by atoms with E-state index in [0.717, 1.165) is 35.9 Å². The van der Waals surface area contributed by atoms with E-state index in [1.54, 1.807) is 28.6 Å². The molecule has 0 aliphatic carbocycles. The zero-order valence-corrected chi connectivity index (χ0v) is 12.1. The van der Waals surface area contributed by atoms with Gasteiger partial charge in [-0.1, -0.05) is 36.4 Å². The molecule has 1 atom stereocenters. The Labute approximate surface area is 111 Å². The quantitative estimate of drug-likeness (QED) is 0.534. The first-order valence-electron chi connectivity index (χ1n) is 5.95. The van der Waals surface area contributed by atoms with Crippen molar-refractivity contribution in [3.63, 3.8) is 0 Å². The number of hydrogen-bond donors (Lipinski definition) is 2. The Morgan fingerprint density at radius 2 is 2.35 bits per heavy atom. The molecular formula is C11H21N3OS2. The van der Waals surface area contributed by atoms with Crippen molar-refractivity contribution in [1.82, 2.24) is 15.5 Å². The van der Waals surface area contributed by atoms with Gasteiger partial charge in [0, 0.05) is 11.3 Å². The second kappa shape index (κ2) is 8.02. The topological polar surface area (TPSA) is 58.0 Å². The summed E-state index contributed by atoms with van der Waals surface area (Å²) in [5.74, 6) is 1.07. The Morgan fingerprint density at radius 3 is 2.94 bits per heavy atom. The summed E-state index contributed by atoms with van der Waals surface area (Å²) >= 11 is 3.35. The number of aromatic nitrogens is 2. The summed E-state index contributed by atoms with van der Waals surface area (Å²) in [7, 11) is 0. The van der Waals surface area contributed by atoms with Gasteiger partial charge in [-0.05, 0) is 26.3 Å². The highest BCUT2D eigenvalue weighted by Gasteiger charge is 2.20. The van der Waals surface area contributed by atoms with Gasteiger partial charge in [-0.2, -0.15) is 0 Å². The highest BCUT2D eigenvalue weighted by molar-refractivity contribution is 8.00. The molecule has 4 nitrogen and oxygen atoms in total. The summed E-state index contributed by atoms with van der Waals surface area (Å²) in [4.78, 5) is 0. The first-order chi connectivity index (χ1) is 8.20. The summed E-state index contributed by atoms with van der Waals surface area (Å²) in [6, 6.07) is 0. The van der Waals surface area contributed by atoms with Gasteiger partial charge in [0.05, 0.1) is 6.61 Å². The summed E-state index contributed by atoms with van der Waals surface area (Å²) < 4.78 is 1.04. The molecule has 0 spiro atoms. The maximum atomic E-state index is 9.34. The normalized spacial score (nSPS) is 14.8. The number of hydrogen-bond acceptors (Lipinski definition) is 6. The fourth-order valence-corrected chi connectivity index (χ4v) is 3.21. The van der Waals surface area contributed by atoms with Crippen molar-refractivity contribution in [2.45, 2.75) is 43.0 Å². The minimum Gasteiger partial charge on any atom is -0.394 e. The molecule has 0 aliphatic heterocycles. The average Bonchev–Trinajstić information content (AvgIpc) is 2.82. The lowest BCUT2D eigenvalue weighted by Gasteiger charge is -2.28. The minimum atomic E-state index is -0.123. The maximum absolute atomic E-state index is 9.34. The van der Waals surface area contributed by atoms with Crippen LogP contribution in [0, 0.1) is 0 Å². The minimum absolute atomic E-state index is 0.123. The maximum Gasteiger partial charge on any atom is 0.174 e. The van der Waals surface area contributed by atoms with Crippen molar-refractivity contribution < 1.29 is 5.11 Å². The zero-order chi connectivity index (χ0) is 12.6. The van der Waals surface area contributed by atoms with E-state index in [0.29, 0.717) is 0 Å². The van der Waals surface area contributed by atoms with Gasteiger partial charge in [0.1, 0.15) is 5.51 Å². The van der Waals surface area contributed by atoms with Gasteiger partial charge in [0.2, 0.25) is 0 Å². The fraction of sp³-hybridized carbons (Fsp3) is 0.818. The van der Waals surface area contributed by atoms with Gasteiger partial charge in [0.25, 0.3) is 0 Å². The highest BCUT2D eigenvalue weighted by atomic mass is 32.2. The van der Waals surface area contributed by atoms with E-state index in [2.05, 4.69) is 29.4 Å². The molecule has 1 heterocycles. The Morgan fingerprint density at radius 1 is 1.53 bits per heavy atom. The lowest BCUT2D eigenvalue weighted by molar-refractivity contribution is 0.165. The van der Waals surface area contributed by atoms with Gasteiger partial charge in [-0.15, -0.1) is 10.2 Å². The Balaban J connectivity index is 2.10. The molecule has 98 valence electrons. The van der Waals surface area contributed by atoms with Crippen molar-refractivity contribution in [3.8, 4) is 0 Å². The van der Waals surface area contributed by atoms with Crippen LogP contribution in [0.15, 0.2) is 9.85 Å². The van der Waals surface area contributed by atoms with Crippen LogP contribution in [0.25, 0.3) is 0 Å². The Hall–Kier alpha value is -0.170. The Kier molecular flexibility index (Phi) is 7.03. The molecule has 0 bridgehead atoms. The fourth-order valence-electron chi connectivity index (χ4n) is 1.65. The number of thioether (sulfide) groups is 1. The molecule has 1 unspecified atom stereocenters. The van der Waals surface area contributed by atoms with E-state index in [1.807, 2.05) is 0 Å². The summed E-state index contributed by atoms with van der Waals surface area (Å²) in [6.45, 7) is 5.24. The van der Waals surface area contributed by atoms with Crippen LogP contribution in [-0.2, 0) is 0 Å². The van der Waals surface area contributed by atoms with E-state index in [1.165, 1.54) is 0 Å². The van der Waals surface area contributed by atoms with Crippen molar-refractivity contribution in [3.05, 3.63) is 5.51 Å². The zero-order valence-electron chi connectivity index (χ0n) is 10.5. The lowest BCUT2D eigenvalue weighted by atomic mass is 9.96. The molecule has 0 aromatic carbocycles. The molecule has 0 radical (unpaired) electrons. The van der Waals surface area contributed by atoms with Gasteiger partial charge < -0.3 is 10.4 Å². The van der Waals surface area contributed by atoms with Crippen LogP contribution in [0.4, 0.5) is 0 Å². The average molecular weight is 275 g/mol. The first-order valence-corrected chi connectivity index (χ1v) is 7.81. The van der Waals surface area contributed by atoms with Crippen LogP contribution < -0.4 is 5.32 Å². The van der Waals surface area contributed by atoms with E-state index in [4.69, 9.17) is 0 Å². The second-order valence-electron chi connectivity index (χ2n) is 4.26. The van der Waals surface area contributed by atoms with E-state index >= 15 is 0 Å². The first kappa shape index (κ1) is 14.9. The van der Waals surface area contributed by atoms with Crippen LogP contribution in [0.1, 0.15) is 33.1 Å². The van der Waals surface area contributed by atoms with Crippen molar-refractivity contribution in [1.29, 1.82) is 0 Å². The molecule has 0 aliphatic rings. The monoisotopic (exact) mass is 275 g/mol. The molecule has 1 aromatic heterocycles. The molecule has 1 aromatic rings. The van der Waals surface area contributed by atoms with Gasteiger partial charge in [0.15, 0.2) is 4.34 Å². The van der Waals surface area contributed by atoms with E-state index < -0.39 is 0 Å². The van der Waals surface area contributed by atoms with Crippen LogP contribution in [-0.4, -0.2) is 39.7 Å². The number of aliphatic hydroxyl groups excluding tert-OH is 1. The molecule has 0 amide bonds. The third-order valence-corrected chi connectivity index (χ3v) is 4.59. The van der Waals surface area contributed by atoms with Gasteiger partial charge in [-0.25, -0.2) is 0 Å². The largest absolute Gasteiger partial charge is 0.394 e. The standard InChI is InChI=1S/C11H21N3OS2/c1-3-12-11(2,8-15)6-4-5-7-16-10-14-13-9-17-10/h9,12,15H,3-8H2,1-2H3. The number of rotatable bonds is 9.